The number of benzene rings is 2. The third-order valence-electron chi connectivity index (χ3n) is 4.49. The summed E-state index contributed by atoms with van der Waals surface area (Å²) in [5.41, 5.74) is 2.75. The summed E-state index contributed by atoms with van der Waals surface area (Å²) in [7, 11) is 1.61. The Morgan fingerprint density at radius 3 is 2.56 bits per heavy atom. The Balaban J connectivity index is 2.00. The number of hydrazone groups is 1. The molecule has 27 heavy (non-hydrogen) atoms. The van der Waals surface area contributed by atoms with Gasteiger partial charge in [0.2, 0.25) is 0 Å². The monoisotopic (exact) mass is 364 g/mol. The van der Waals surface area contributed by atoms with Crippen LogP contribution in [0.2, 0.25) is 0 Å². The van der Waals surface area contributed by atoms with E-state index in [1.807, 2.05) is 68.5 Å². The van der Waals surface area contributed by atoms with Gasteiger partial charge in [-0.3, -0.25) is 4.79 Å². The van der Waals surface area contributed by atoms with Gasteiger partial charge in [0.15, 0.2) is 11.5 Å². The fourth-order valence-corrected chi connectivity index (χ4v) is 2.80. The topological polar surface area (TPSA) is 51.1 Å². The first-order chi connectivity index (χ1) is 13.0. The zero-order chi connectivity index (χ0) is 19.4. The molecule has 0 unspecified atom stereocenters. The first-order valence-corrected chi connectivity index (χ1v) is 9.05. The molecule has 0 saturated carbocycles. The maximum absolute atomic E-state index is 12.9. The van der Waals surface area contributed by atoms with E-state index in [2.05, 4.69) is 12.0 Å². The highest BCUT2D eigenvalue weighted by molar-refractivity contribution is 6.32. The standard InChI is InChI=1S/C22H24N2O3/c1-5-15(2)27-21-17(10-9-13-20(21)26-4)14-19-16(3)23-24(22(19)25)18-11-7-6-8-12-18/h6-15H,5H2,1-4H3/b19-14-/t15-/m0/s1. The van der Waals surface area contributed by atoms with E-state index in [1.54, 1.807) is 7.11 Å². The van der Waals surface area contributed by atoms with Crippen LogP contribution in [-0.2, 0) is 4.79 Å². The molecule has 1 atom stereocenters. The van der Waals surface area contributed by atoms with Crippen LogP contribution in [0, 0.1) is 0 Å². The lowest BCUT2D eigenvalue weighted by atomic mass is 10.1. The molecule has 2 aromatic rings. The quantitative estimate of drug-likeness (QED) is 0.700. The molecule has 0 fully saturated rings. The molecule has 5 heteroatoms. The average molecular weight is 364 g/mol. The summed E-state index contributed by atoms with van der Waals surface area (Å²) >= 11 is 0. The first-order valence-electron chi connectivity index (χ1n) is 9.05. The Labute approximate surface area is 159 Å². The fourth-order valence-electron chi connectivity index (χ4n) is 2.80. The number of hydrogen-bond donors (Lipinski definition) is 0. The number of ether oxygens (including phenoxy) is 2. The van der Waals surface area contributed by atoms with Crippen LogP contribution < -0.4 is 14.5 Å². The van der Waals surface area contributed by atoms with E-state index in [9.17, 15) is 4.79 Å². The molecule has 140 valence electrons. The van der Waals surface area contributed by atoms with E-state index >= 15 is 0 Å². The van der Waals surface area contributed by atoms with E-state index in [0.29, 0.717) is 22.8 Å². The molecular formula is C22H24N2O3. The highest BCUT2D eigenvalue weighted by atomic mass is 16.5. The maximum atomic E-state index is 12.9. The van der Waals surface area contributed by atoms with Gasteiger partial charge in [0.1, 0.15) is 0 Å². The average Bonchev–Trinajstić information content (AvgIpc) is 2.97. The molecule has 1 aliphatic heterocycles. The first kappa shape index (κ1) is 18.7. The van der Waals surface area contributed by atoms with Crippen LogP contribution in [0.1, 0.15) is 32.8 Å². The van der Waals surface area contributed by atoms with Crippen LogP contribution in [0.3, 0.4) is 0 Å². The van der Waals surface area contributed by atoms with Gasteiger partial charge in [-0.05, 0) is 44.5 Å². The summed E-state index contributed by atoms with van der Waals surface area (Å²) in [5.74, 6) is 1.13. The van der Waals surface area contributed by atoms with Gasteiger partial charge in [-0.1, -0.05) is 37.3 Å². The van der Waals surface area contributed by atoms with Crippen molar-refractivity contribution in [3.63, 3.8) is 0 Å². The Bertz CT molecular complexity index is 888. The van der Waals surface area contributed by atoms with Crippen LogP contribution in [0.4, 0.5) is 5.69 Å². The van der Waals surface area contributed by atoms with Gasteiger partial charge in [-0.2, -0.15) is 10.1 Å². The molecule has 0 bridgehead atoms. The fraction of sp³-hybridized carbons (Fsp3) is 0.273. The second-order valence-corrected chi connectivity index (χ2v) is 6.41. The summed E-state index contributed by atoms with van der Waals surface area (Å²) < 4.78 is 11.5. The van der Waals surface area contributed by atoms with Gasteiger partial charge < -0.3 is 9.47 Å². The molecule has 1 aliphatic rings. The van der Waals surface area contributed by atoms with Gasteiger partial charge in [-0.25, -0.2) is 0 Å². The third kappa shape index (κ3) is 3.87. The highest BCUT2D eigenvalue weighted by Crippen LogP contribution is 2.35. The number of nitrogens with zero attached hydrogens (tertiary/aromatic N) is 2. The van der Waals surface area contributed by atoms with Gasteiger partial charge >= 0.3 is 0 Å². The molecule has 0 saturated heterocycles. The second kappa shape index (κ2) is 8.08. The maximum Gasteiger partial charge on any atom is 0.280 e. The predicted octanol–water partition coefficient (Wildman–Crippen LogP) is 4.68. The van der Waals surface area contributed by atoms with E-state index < -0.39 is 0 Å². The minimum atomic E-state index is -0.156. The van der Waals surface area contributed by atoms with Gasteiger partial charge in [-0.15, -0.1) is 0 Å². The molecule has 0 N–H and O–H groups in total. The minimum absolute atomic E-state index is 0.0355. The van der Waals surface area contributed by atoms with Crippen molar-refractivity contribution in [2.75, 3.05) is 12.1 Å². The molecule has 1 heterocycles. The Morgan fingerprint density at radius 1 is 1.15 bits per heavy atom. The largest absolute Gasteiger partial charge is 0.493 e. The van der Waals surface area contributed by atoms with Crippen LogP contribution in [0.15, 0.2) is 59.2 Å². The van der Waals surface area contributed by atoms with Crippen molar-refractivity contribution < 1.29 is 14.3 Å². The summed E-state index contributed by atoms with van der Waals surface area (Å²) in [6.07, 6.45) is 2.73. The lowest BCUT2D eigenvalue weighted by Crippen LogP contribution is -2.21. The molecule has 0 aromatic heterocycles. The number of rotatable bonds is 6. The lowest BCUT2D eigenvalue weighted by molar-refractivity contribution is -0.114. The molecule has 0 aliphatic carbocycles. The Morgan fingerprint density at radius 2 is 1.89 bits per heavy atom. The Hall–Kier alpha value is -3.08. The van der Waals surface area contributed by atoms with Crippen LogP contribution in [0.5, 0.6) is 11.5 Å². The number of carbonyl (C=O) groups excluding carboxylic acids is 1. The summed E-state index contributed by atoms with van der Waals surface area (Å²) in [5, 5.41) is 5.85. The normalized spacial score (nSPS) is 16.4. The predicted molar refractivity (Wildman–Crippen MR) is 108 cm³/mol. The molecule has 5 nitrogen and oxygen atoms in total. The number of amides is 1. The molecule has 0 spiro atoms. The van der Waals surface area contributed by atoms with E-state index in [-0.39, 0.29) is 12.0 Å². The summed E-state index contributed by atoms with van der Waals surface area (Å²) in [4.78, 5) is 12.9. The van der Waals surface area contributed by atoms with Crippen LogP contribution >= 0.6 is 0 Å². The van der Waals surface area contributed by atoms with Gasteiger partial charge in [0, 0.05) is 5.56 Å². The zero-order valence-electron chi connectivity index (χ0n) is 16.1. The number of hydrogen-bond acceptors (Lipinski definition) is 4. The zero-order valence-corrected chi connectivity index (χ0v) is 16.1. The number of para-hydroxylation sites is 2. The van der Waals surface area contributed by atoms with E-state index in [0.717, 1.165) is 17.7 Å². The van der Waals surface area contributed by atoms with E-state index in [1.165, 1.54) is 5.01 Å². The van der Waals surface area contributed by atoms with Crippen molar-refractivity contribution in [1.29, 1.82) is 0 Å². The van der Waals surface area contributed by atoms with Crippen molar-refractivity contribution in [1.82, 2.24) is 0 Å². The second-order valence-electron chi connectivity index (χ2n) is 6.41. The molecular weight excluding hydrogens is 340 g/mol. The van der Waals surface area contributed by atoms with E-state index in [4.69, 9.17) is 9.47 Å². The number of anilines is 1. The van der Waals surface area contributed by atoms with Crippen molar-refractivity contribution in [3.8, 4) is 11.5 Å². The van der Waals surface area contributed by atoms with Crippen molar-refractivity contribution in [3.05, 3.63) is 59.7 Å². The molecule has 0 radical (unpaired) electrons. The molecule has 3 rings (SSSR count). The summed E-state index contributed by atoms with van der Waals surface area (Å²) in [6.45, 7) is 5.91. The third-order valence-corrected chi connectivity index (χ3v) is 4.49. The Kier molecular flexibility index (Phi) is 5.60. The molecule has 1 amide bonds. The van der Waals surface area contributed by atoms with Crippen molar-refractivity contribution in [2.24, 2.45) is 5.10 Å². The van der Waals surface area contributed by atoms with Gasteiger partial charge in [0.05, 0.1) is 30.2 Å². The smallest absolute Gasteiger partial charge is 0.280 e. The van der Waals surface area contributed by atoms with Crippen LogP contribution in [-0.4, -0.2) is 24.8 Å². The van der Waals surface area contributed by atoms with Crippen molar-refractivity contribution in [2.45, 2.75) is 33.3 Å². The number of carbonyl (C=O) groups is 1. The lowest BCUT2D eigenvalue weighted by Gasteiger charge is -2.18. The van der Waals surface area contributed by atoms with Crippen LogP contribution in [0.25, 0.3) is 6.08 Å². The SMILES string of the molecule is CC[C@H](C)Oc1c(/C=C2\C(=O)N(c3ccccc3)N=C2C)cccc1OC. The van der Waals surface area contributed by atoms with Gasteiger partial charge in [0.25, 0.3) is 5.91 Å². The number of methoxy groups -OCH3 is 1. The summed E-state index contributed by atoms with van der Waals surface area (Å²) in [6, 6.07) is 15.1. The minimum Gasteiger partial charge on any atom is -0.493 e. The molecule has 2 aromatic carbocycles. The van der Waals surface area contributed by atoms with Crippen molar-refractivity contribution >= 4 is 23.4 Å². The highest BCUT2D eigenvalue weighted by Gasteiger charge is 2.29.